The SMILES string of the molecule is C#CCCC(N)C(OC)OC. The van der Waals surface area contributed by atoms with Crippen molar-refractivity contribution in [1.82, 2.24) is 0 Å². The van der Waals surface area contributed by atoms with Crippen molar-refractivity contribution in [3.63, 3.8) is 0 Å². The normalized spacial score (nSPS) is 13.0. The van der Waals surface area contributed by atoms with Crippen molar-refractivity contribution in [3.8, 4) is 12.3 Å². The molecule has 0 aromatic carbocycles. The number of terminal acetylenes is 1. The van der Waals surface area contributed by atoms with Crippen LogP contribution in [-0.4, -0.2) is 26.6 Å². The molecule has 0 amide bonds. The van der Waals surface area contributed by atoms with Crippen LogP contribution < -0.4 is 5.73 Å². The summed E-state index contributed by atoms with van der Waals surface area (Å²) in [7, 11) is 3.12. The number of hydrogen-bond acceptors (Lipinski definition) is 3. The van der Waals surface area contributed by atoms with E-state index in [2.05, 4.69) is 5.92 Å². The van der Waals surface area contributed by atoms with Gasteiger partial charge in [0.2, 0.25) is 0 Å². The van der Waals surface area contributed by atoms with Crippen LogP contribution in [0.4, 0.5) is 0 Å². The predicted octanol–water partition coefficient (Wildman–Crippen LogP) is 0.346. The van der Waals surface area contributed by atoms with Gasteiger partial charge < -0.3 is 15.2 Å². The Labute approximate surface area is 67.9 Å². The van der Waals surface area contributed by atoms with Crippen LogP contribution in [0.1, 0.15) is 12.8 Å². The number of nitrogens with two attached hydrogens (primary N) is 1. The molecule has 3 nitrogen and oxygen atoms in total. The molecule has 64 valence electrons. The van der Waals surface area contributed by atoms with E-state index < -0.39 is 0 Å². The third-order valence-electron chi connectivity index (χ3n) is 1.44. The third kappa shape index (κ3) is 3.99. The highest BCUT2D eigenvalue weighted by Gasteiger charge is 2.14. The lowest BCUT2D eigenvalue weighted by Gasteiger charge is -2.19. The summed E-state index contributed by atoms with van der Waals surface area (Å²) in [5, 5.41) is 0. The van der Waals surface area contributed by atoms with Crippen molar-refractivity contribution in [3.05, 3.63) is 0 Å². The zero-order valence-corrected chi connectivity index (χ0v) is 7.04. The van der Waals surface area contributed by atoms with Crippen LogP contribution in [-0.2, 0) is 9.47 Å². The van der Waals surface area contributed by atoms with Gasteiger partial charge in [-0.1, -0.05) is 0 Å². The molecule has 0 saturated carbocycles. The molecule has 0 aliphatic heterocycles. The standard InChI is InChI=1S/C8H15NO2/c1-4-5-6-7(9)8(10-2)11-3/h1,7-8H,5-6,9H2,2-3H3. The highest BCUT2D eigenvalue weighted by molar-refractivity contribution is 4.85. The Morgan fingerprint density at radius 3 is 2.36 bits per heavy atom. The summed E-state index contributed by atoms with van der Waals surface area (Å²) < 4.78 is 9.88. The second kappa shape index (κ2) is 6.17. The van der Waals surface area contributed by atoms with Gasteiger partial charge in [-0.2, -0.15) is 0 Å². The van der Waals surface area contributed by atoms with Crippen LogP contribution >= 0.6 is 0 Å². The lowest BCUT2D eigenvalue weighted by molar-refractivity contribution is -0.117. The van der Waals surface area contributed by atoms with Gasteiger partial charge in [-0.05, 0) is 6.42 Å². The first-order valence-corrected chi connectivity index (χ1v) is 3.51. The van der Waals surface area contributed by atoms with Crippen molar-refractivity contribution in [1.29, 1.82) is 0 Å². The van der Waals surface area contributed by atoms with E-state index in [1.54, 1.807) is 14.2 Å². The second-order valence-corrected chi connectivity index (χ2v) is 2.25. The van der Waals surface area contributed by atoms with Crippen molar-refractivity contribution in [2.45, 2.75) is 25.2 Å². The molecule has 1 atom stereocenters. The Kier molecular flexibility index (Phi) is 5.86. The predicted molar refractivity (Wildman–Crippen MR) is 43.8 cm³/mol. The molecule has 2 N–H and O–H groups in total. The Hall–Kier alpha value is -0.560. The molecule has 0 bridgehead atoms. The fraction of sp³-hybridized carbons (Fsp3) is 0.750. The van der Waals surface area contributed by atoms with Crippen molar-refractivity contribution < 1.29 is 9.47 Å². The summed E-state index contributed by atoms with van der Waals surface area (Å²) >= 11 is 0. The van der Waals surface area contributed by atoms with Crippen molar-refractivity contribution in [2.24, 2.45) is 5.73 Å². The highest BCUT2D eigenvalue weighted by atomic mass is 16.7. The van der Waals surface area contributed by atoms with E-state index in [1.165, 1.54) is 0 Å². The smallest absolute Gasteiger partial charge is 0.171 e. The van der Waals surface area contributed by atoms with Gasteiger partial charge in [-0.15, -0.1) is 12.3 Å². The molecule has 0 aromatic rings. The molecule has 0 aliphatic rings. The average molecular weight is 157 g/mol. The molecule has 0 rings (SSSR count). The lowest BCUT2D eigenvalue weighted by atomic mass is 10.1. The topological polar surface area (TPSA) is 44.5 Å². The van der Waals surface area contributed by atoms with Gasteiger partial charge in [0, 0.05) is 20.6 Å². The Bertz CT molecular complexity index is 127. The van der Waals surface area contributed by atoms with E-state index >= 15 is 0 Å². The average Bonchev–Trinajstić information content (AvgIpc) is 2.03. The van der Waals surface area contributed by atoms with E-state index in [0.717, 1.165) is 6.42 Å². The van der Waals surface area contributed by atoms with Crippen molar-refractivity contribution in [2.75, 3.05) is 14.2 Å². The molecule has 0 aliphatic carbocycles. The van der Waals surface area contributed by atoms with E-state index in [1.807, 2.05) is 0 Å². The first kappa shape index (κ1) is 10.4. The summed E-state index contributed by atoms with van der Waals surface area (Å²) in [6.07, 6.45) is 6.11. The fourth-order valence-corrected chi connectivity index (χ4v) is 0.832. The van der Waals surface area contributed by atoms with Crippen LogP contribution in [0.2, 0.25) is 0 Å². The molecular weight excluding hydrogens is 142 g/mol. The van der Waals surface area contributed by atoms with Crippen LogP contribution in [0, 0.1) is 12.3 Å². The molecule has 0 fully saturated rings. The first-order valence-electron chi connectivity index (χ1n) is 3.51. The van der Waals surface area contributed by atoms with Crippen molar-refractivity contribution >= 4 is 0 Å². The fourth-order valence-electron chi connectivity index (χ4n) is 0.832. The summed E-state index contributed by atoms with van der Waals surface area (Å²) in [6, 6.07) is -0.138. The molecular formula is C8H15NO2. The van der Waals surface area contributed by atoms with Gasteiger partial charge in [-0.25, -0.2) is 0 Å². The summed E-state index contributed by atoms with van der Waals surface area (Å²) in [6.45, 7) is 0. The zero-order chi connectivity index (χ0) is 8.69. The molecule has 0 saturated heterocycles. The molecule has 0 aromatic heterocycles. The van der Waals surface area contributed by atoms with Gasteiger partial charge in [0.05, 0.1) is 6.04 Å². The van der Waals surface area contributed by atoms with Gasteiger partial charge in [0.25, 0.3) is 0 Å². The number of ether oxygens (including phenoxy) is 2. The van der Waals surface area contributed by atoms with Gasteiger partial charge >= 0.3 is 0 Å². The molecule has 0 heterocycles. The first-order chi connectivity index (χ1) is 5.26. The maximum atomic E-state index is 5.68. The monoisotopic (exact) mass is 157 g/mol. The van der Waals surface area contributed by atoms with Crippen LogP contribution in [0.15, 0.2) is 0 Å². The second-order valence-electron chi connectivity index (χ2n) is 2.25. The van der Waals surface area contributed by atoms with E-state index in [0.29, 0.717) is 6.42 Å². The lowest BCUT2D eigenvalue weighted by Crippen LogP contribution is -2.37. The molecule has 11 heavy (non-hydrogen) atoms. The quantitative estimate of drug-likeness (QED) is 0.462. The minimum absolute atomic E-state index is 0.138. The largest absolute Gasteiger partial charge is 0.354 e. The number of hydrogen-bond donors (Lipinski definition) is 1. The maximum Gasteiger partial charge on any atom is 0.171 e. The zero-order valence-electron chi connectivity index (χ0n) is 7.04. The van der Waals surface area contributed by atoms with Crippen LogP contribution in [0.3, 0.4) is 0 Å². The summed E-state index contributed by atoms with van der Waals surface area (Å²) in [5.74, 6) is 2.51. The van der Waals surface area contributed by atoms with Gasteiger partial charge in [0.15, 0.2) is 6.29 Å². The summed E-state index contributed by atoms with van der Waals surface area (Å²) in [5.41, 5.74) is 5.68. The Morgan fingerprint density at radius 1 is 1.45 bits per heavy atom. The summed E-state index contributed by atoms with van der Waals surface area (Å²) in [4.78, 5) is 0. The molecule has 0 radical (unpaired) electrons. The molecule has 0 spiro atoms. The third-order valence-corrected chi connectivity index (χ3v) is 1.44. The van der Waals surface area contributed by atoms with E-state index in [9.17, 15) is 0 Å². The molecule has 1 unspecified atom stereocenters. The number of methoxy groups -OCH3 is 2. The highest BCUT2D eigenvalue weighted by Crippen LogP contribution is 2.02. The Morgan fingerprint density at radius 2 is 2.00 bits per heavy atom. The minimum Gasteiger partial charge on any atom is -0.354 e. The van der Waals surface area contributed by atoms with E-state index in [-0.39, 0.29) is 12.3 Å². The van der Waals surface area contributed by atoms with Crippen LogP contribution in [0.25, 0.3) is 0 Å². The molecule has 3 heteroatoms. The minimum atomic E-state index is -0.344. The maximum absolute atomic E-state index is 5.68. The van der Waals surface area contributed by atoms with Gasteiger partial charge in [-0.3, -0.25) is 0 Å². The van der Waals surface area contributed by atoms with Gasteiger partial charge in [0.1, 0.15) is 0 Å². The van der Waals surface area contributed by atoms with E-state index in [4.69, 9.17) is 21.6 Å². The Balaban J connectivity index is 3.61. The number of rotatable bonds is 5. The van der Waals surface area contributed by atoms with Crippen LogP contribution in [0.5, 0.6) is 0 Å².